The molecule has 1 aliphatic rings. The first-order valence-corrected chi connectivity index (χ1v) is 8.45. The van der Waals surface area contributed by atoms with Crippen LogP contribution in [0.2, 0.25) is 0 Å². The van der Waals surface area contributed by atoms with Crippen LogP contribution in [0.15, 0.2) is 53.5 Å². The Balaban J connectivity index is 1.58. The summed E-state index contributed by atoms with van der Waals surface area (Å²) >= 11 is 0. The predicted octanol–water partition coefficient (Wildman–Crippen LogP) is 0.841. The van der Waals surface area contributed by atoms with E-state index >= 15 is 0 Å². The molecule has 136 valence electrons. The van der Waals surface area contributed by atoms with Crippen LogP contribution in [0, 0.1) is 0 Å². The summed E-state index contributed by atoms with van der Waals surface area (Å²) in [6, 6.07) is 11.8. The van der Waals surface area contributed by atoms with Gasteiger partial charge in [0.2, 0.25) is 5.91 Å². The smallest absolute Gasteiger partial charge is 0.254 e. The number of nitrogens with zero attached hydrogens (tertiary/aromatic N) is 3. The van der Waals surface area contributed by atoms with Crippen molar-refractivity contribution in [2.24, 2.45) is 0 Å². The Bertz CT molecular complexity index is 854. The third-order valence-electron chi connectivity index (χ3n) is 4.44. The zero-order valence-corrected chi connectivity index (χ0v) is 14.6. The van der Waals surface area contributed by atoms with Crippen molar-refractivity contribution in [3.8, 4) is 5.75 Å². The zero-order chi connectivity index (χ0) is 18.5. The molecule has 1 fully saturated rings. The molecule has 1 aromatic heterocycles. The van der Waals surface area contributed by atoms with Gasteiger partial charge in [0.05, 0.1) is 7.11 Å². The number of carbonyl (C=O) groups is 2. The van der Waals surface area contributed by atoms with Gasteiger partial charge in [-0.05, 0) is 24.3 Å². The molecule has 3 rings (SSSR count). The standard InChI is InChI=1S/C19H21N3O4/c1-26-16-6-4-5-15(13-16)19(25)21-11-9-20(10-12-21)18(24)14-22-8-3-2-7-17(22)23/h2-8,13H,9-12,14H2,1H3. The van der Waals surface area contributed by atoms with Gasteiger partial charge < -0.3 is 19.1 Å². The fourth-order valence-corrected chi connectivity index (χ4v) is 2.93. The number of methoxy groups -OCH3 is 1. The monoisotopic (exact) mass is 355 g/mol. The van der Waals surface area contributed by atoms with Crippen LogP contribution in [-0.4, -0.2) is 59.5 Å². The topological polar surface area (TPSA) is 71.8 Å². The van der Waals surface area contributed by atoms with E-state index < -0.39 is 0 Å². The van der Waals surface area contributed by atoms with Crippen molar-refractivity contribution >= 4 is 11.8 Å². The second kappa shape index (κ2) is 7.86. The lowest BCUT2D eigenvalue weighted by molar-refractivity contribution is -0.133. The molecule has 1 aliphatic heterocycles. The Hall–Kier alpha value is -3.09. The number of pyridine rings is 1. The number of amides is 2. The highest BCUT2D eigenvalue weighted by Crippen LogP contribution is 2.15. The van der Waals surface area contributed by atoms with Crippen LogP contribution in [0.3, 0.4) is 0 Å². The van der Waals surface area contributed by atoms with Gasteiger partial charge in [0.25, 0.3) is 11.5 Å². The average Bonchev–Trinajstić information content (AvgIpc) is 2.69. The molecule has 2 heterocycles. The number of ether oxygens (including phenoxy) is 1. The molecule has 2 amide bonds. The maximum absolute atomic E-state index is 12.6. The van der Waals surface area contributed by atoms with E-state index in [9.17, 15) is 14.4 Å². The first-order chi connectivity index (χ1) is 12.6. The summed E-state index contributed by atoms with van der Waals surface area (Å²) < 4.78 is 6.54. The van der Waals surface area contributed by atoms with Gasteiger partial charge in [-0.3, -0.25) is 14.4 Å². The minimum absolute atomic E-state index is 0.0174. The molecule has 0 aliphatic carbocycles. The number of piperazine rings is 1. The van der Waals surface area contributed by atoms with Crippen LogP contribution in [0.5, 0.6) is 5.75 Å². The molecule has 1 saturated heterocycles. The molecular weight excluding hydrogens is 334 g/mol. The Morgan fingerprint density at radius 1 is 1.00 bits per heavy atom. The lowest BCUT2D eigenvalue weighted by Crippen LogP contribution is -2.51. The van der Waals surface area contributed by atoms with Gasteiger partial charge in [-0.1, -0.05) is 12.1 Å². The number of benzene rings is 1. The van der Waals surface area contributed by atoms with E-state index in [0.29, 0.717) is 37.5 Å². The molecule has 0 saturated carbocycles. The molecule has 2 aromatic rings. The fourth-order valence-electron chi connectivity index (χ4n) is 2.93. The van der Waals surface area contributed by atoms with E-state index in [1.54, 1.807) is 59.5 Å². The zero-order valence-electron chi connectivity index (χ0n) is 14.6. The maximum atomic E-state index is 12.6. The summed E-state index contributed by atoms with van der Waals surface area (Å²) in [6.07, 6.45) is 1.60. The SMILES string of the molecule is COc1cccc(C(=O)N2CCN(C(=O)Cn3ccccc3=O)CC2)c1. The summed E-state index contributed by atoms with van der Waals surface area (Å²) in [5.41, 5.74) is 0.368. The number of rotatable bonds is 4. The second-order valence-electron chi connectivity index (χ2n) is 6.07. The third-order valence-corrected chi connectivity index (χ3v) is 4.44. The van der Waals surface area contributed by atoms with Crippen molar-refractivity contribution < 1.29 is 14.3 Å². The van der Waals surface area contributed by atoms with Crippen molar-refractivity contribution in [1.82, 2.24) is 14.4 Å². The van der Waals surface area contributed by atoms with Gasteiger partial charge in [0.15, 0.2) is 0 Å². The van der Waals surface area contributed by atoms with Crippen molar-refractivity contribution in [3.63, 3.8) is 0 Å². The number of hydrogen-bond acceptors (Lipinski definition) is 4. The summed E-state index contributed by atoms with van der Waals surface area (Å²) in [5.74, 6) is 0.444. The van der Waals surface area contributed by atoms with Crippen LogP contribution in [0.4, 0.5) is 0 Å². The Labute approximate surface area is 151 Å². The van der Waals surface area contributed by atoms with Crippen molar-refractivity contribution in [2.75, 3.05) is 33.3 Å². The number of carbonyl (C=O) groups excluding carboxylic acids is 2. The molecule has 0 radical (unpaired) electrons. The van der Waals surface area contributed by atoms with Crippen molar-refractivity contribution in [2.45, 2.75) is 6.54 Å². The van der Waals surface area contributed by atoms with Gasteiger partial charge in [0, 0.05) is 44.0 Å². The van der Waals surface area contributed by atoms with Crippen LogP contribution in [0.25, 0.3) is 0 Å². The first kappa shape index (κ1) is 17.7. The largest absolute Gasteiger partial charge is 0.497 e. The molecule has 0 unspecified atom stereocenters. The third kappa shape index (κ3) is 3.93. The molecule has 26 heavy (non-hydrogen) atoms. The molecule has 7 heteroatoms. The molecule has 1 aromatic carbocycles. The first-order valence-electron chi connectivity index (χ1n) is 8.45. The Kier molecular flexibility index (Phi) is 5.36. The predicted molar refractivity (Wildman–Crippen MR) is 96.2 cm³/mol. The Morgan fingerprint density at radius 2 is 1.73 bits per heavy atom. The normalized spacial score (nSPS) is 14.2. The van der Waals surface area contributed by atoms with Gasteiger partial charge in [0.1, 0.15) is 12.3 Å². The number of aromatic nitrogens is 1. The van der Waals surface area contributed by atoms with E-state index in [0.717, 1.165) is 0 Å². The summed E-state index contributed by atoms with van der Waals surface area (Å²) in [5, 5.41) is 0. The van der Waals surface area contributed by atoms with E-state index in [-0.39, 0.29) is 23.9 Å². The minimum Gasteiger partial charge on any atom is -0.497 e. The Morgan fingerprint density at radius 3 is 2.42 bits per heavy atom. The molecule has 0 atom stereocenters. The van der Waals surface area contributed by atoms with Crippen molar-refractivity contribution in [1.29, 1.82) is 0 Å². The summed E-state index contributed by atoms with van der Waals surface area (Å²) in [4.78, 5) is 40.1. The van der Waals surface area contributed by atoms with Crippen molar-refractivity contribution in [3.05, 3.63) is 64.6 Å². The van der Waals surface area contributed by atoms with E-state index in [4.69, 9.17) is 4.74 Å². The molecular formula is C19H21N3O4. The minimum atomic E-state index is -0.201. The molecule has 0 N–H and O–H groups in total. The van der Waals surface area contributed by atoms with Gasteiger partial charge in [-0.25, -0.2) is 0 Å². The lowest BCUT2D eigenvalue weighted by atomic mass is 10.1. The highest BCUT2D eigenvalue weighted by atomic mass is 16.5. The summed E-state index contributed by atoms with van der Waals surface area (Å²) in [7, 11) is 1.56. The van der Waals surface area contributed by atoms with Crippen LogP contribution >= 0.6 is 0 Å². The van der Waals surface area contributed by atoms with E-state index in [1.165, 1.54) is 10.6 Å². The van der Waals surface area contributed by atoms with E-state index in [2.05, 4.69) is 0 Å². The highest BCUT2D eigenvalue weighted by Gasteiger charge is 2.25. The molecule has 0 bridgehead atoms. The van der Waals surface area contributed by atoms with Crippen LogP contribution < -0.4 is 10.3 Å². The lowest BCUT2D eigenvalue weighted by Gasteiger charge is -2.35. The second-order valence-corrected chi connectivity index (χ2v) is 6.07. The fraction of sp³-hybridized carbons (Fsp3) is 0.316. The van der Waals surface area contributed by atoms with Gasteiger partial charge in [-0.2, -0.15) is 0 Å². The number of hydrogen-bond donors (Lipinski definition) is 0. The maximum Gasteiger partial charge on any atom is 0.254 e. The van der Waals surface area contributed by atoms with Crippen LogP contribution in [0.1, 0.15) is 10.4 Å². The quantitative estimate of drug-likeness (QED) is 0.815. The highest BCUT2D eigenvalue weighted by molar-refractivity contribution is 5.94. The molecule has 7 nitrogen and oxygen atoms in total. The average molecular weight is 355 g/mol. The van der Waals surface area contributed by atoms with Crippen LogP contribution in [-0.2, 0) is 11.3 Å². The molecule has 0 spiro atoms. The van der Waals surface area contributed by atoms with E-state index in [1.807, 2.05) is 0 Å². The van der Waals surface area contributed by atoms with Gasteiger partial charge >= 0.3 is 0 Å². The van der Waals surface area contributed by atoms with Gasteiger partial charge in [-0.15, -0.1) is 0 Å². The summed E-state index contributed by atoms with van der Waals surface area (Å²) in [6.45, 7) is 1.85.